The standard InChI is InChI=1S/C19H17N3O4/c1-13-4-2-3-5-16(13)22-18(24)12-26-19(25)14-6-8-15(9-7-14)21-17(23)10-11-20/h2-9H,10,12H2,1H3,(H,21,23)(H,22,24). The molecule has 2 aromatic carbocycles. The molecule has 0 fully saturated rings. The van der Waals surface area contributed by atoms with E-state index in [4.69, 9.17) is 10.00 Å². The molecule has 2 N–H and O–H groups in total. The van der Waals surface area contributed by atoms with Crippen molar-refractivity contribution in [3.63, 3.8) is 0 Å². The Labute approximate surface area is 150 Å². The first-order valence-electron chi connectivity index (χ1n) is 7.79. The number of hydrogen-bond donors (Lipinski definition) is 2. The third kappa shape index (κ3) is 5.46. The topological polar surface area (TPSA) is 108 Å². The maximum absolute atomic E-state index is 12.0. The molecule has 7 heteroatoms. The lowest BCUT2D eigenvalue weighted by Gasteiger charge is -2.09. The first-order chi connectivity index (χ1) is 12.5. The monoisotopic (exact) mass is 351 g/mol. The molecule has 26 heavy (non-hydrogen) atoms. The molecule has 0 aliphatic rings. The molecule has 0 saturated carbocycles. The zero-order chi connectivity index (χ0) is 18.9. The summed E-state index contributed by atoms with van der Waals surface area (Å²) in [6, 6.07) is 15.0. The van der Waals surface area contributed by atoms with E-state index in [-0.39, 0.29) is 12.0 Å². The van der Waals surface area contributed by atoms with Gasteiger partial charge in [-0.2, -0.15) is 5.26 Å². The van der Waals surface area contributed by atoms with Gasteiger partial charge in [-0.15, -0.1) is 0 Å². The van der Waals surface area contributed by atoms with Gasteiger partial charge in [0, 0.05) is 11.4 Å². The molecule has 7 nitrogen and oxygen atoms in total. The second-order valence-electron chi connectivity index (χ2n) is 5.40. The van der Waals surface area contributed by atoms with Crippen LogP contribution in [0.4, 0.5) is 11.4 Å². The number of esters is 1. The molecule has 0 spiro atoms. The number of benzene rings is 2. The molecular formula is C19H17N3O4. The van der Waals surface area contributed by atoms with Crippen molar-refractivity contribution in [1.29, 1.82) is 5.26 Å². The molecule has 2 aromatic rings. The van der Waals surface area contributed by atoms with E-state index < -0.39 is 24.4 Å². The summed E-state index contributed by atoms with van der Waals surface area (Å²) >= 11 is 0. The molecular weight excluding hydrogens is 334 g/mol. The van der Waals surface area contributed by atoms with Gasteiger partial charge >= 0.3 is 5.97 Å². The molecule has 0 aliphatic carbocycles. The maximum atomic E-state index is 12.0. The number of amides is 2. The summed E-state index contributed by atoms with van der Waals surface area (Å²) in [4.78, 5) is 35.2. The SMILES string of the molecule is Cc1ccccc1NC(=O)COC(=O)c1ccc(NC(=O)CC#N)cc1. The lowest BCUT2D eigenvalue weighted by Crippen LogP contribution is -2.21. The number of nitrogens with zero attached hydrogens (tertiary/aromatic N) is 1. The molecule has 0 atom stereocenters. The number of hydrogen-bond acceptors (Lipinski definition) is 5. The average Bonchev–Trinajstić information content (AvgIpc) is 2.62. The van der Waals surface area contributed by atoms with Gasteiger partial charge in [-0.05, 0) is 42.8 Å². The van der Waals surface area contributed by atoms with Crippen LogP contribution < -0.4 is 10.6 Å². The zero-order valence-electron chi connectivity index (χ0n) is 14.1. The van der Waals surface area contributed by atoms with E-state index in [9.17, 15) is 14.4 Å². The van der Waals surface area contributed by atoms with Gasteiger partial charge in [0.2, 0.25) is 5.91 Å². The molecule has 0 saturated heterocycles. The normalized spacial score (nSPS) is 9.69. The second kappa shape index (κ2) is 8.99. The molecule has 0 aromatic heterocycles. The van der Waals surface area contributed by atoms with Gasteiger partial charge in [-0.3, -0.25) is 9.59 Å². The fourth-order valence-electron chi connectivity index (χ4n) is 2.08. The predicted octanol–water partition coefficient (Wildman–Crippen LogP) is 2.64. The number of carbonyl (C=O) groups excluding carboxylic acids is 3. The van der Waals surface area contributed by atoms with Crippen LogP contribution in [0.25, 0.3) is 0 Å². The Morgan fingerprint density at radius 1 is 1.00 bits per heavy atom. The number of nitriles is 1. The van der Waals surface area contributed by atoms with Crippen molar-refractivity contribution < 1.29 is 19.1 Å². The summed E-state index contributed by atoms with van der Waals surface area (Å²) in [5.41, 5.74) is 2.26. The molecule has 0 aliphatic heterocycles. The highest BCUT2D eigenvalue weighted by Crippen LogP contribution is 2.13. The molecule has 132 valence electrons. The van der Waals surface area contributed by atoms with Crippen LogP contribution in [0.3, 0.4) is 0 Å². The Morgan fingerprint density at radius 3 is 2.35 bits per heavy atom. The minimum Gasteiger partial charge on any atom is -0.452 e. The van der Waals surface area contributed by atoms with Crippen LogP contribution in [0.2, 0.25) is 0 Å². The third-order valence-electron chi connectivity index (χ3n) is 3.40. The highest BCUT2D eigenvalue weighted by atomic mass is 16.5. The predicted molar refractivity (Wildman–Crippen MR) is 95.4 cm³/mol. The van der Waals surface area contributed by atoms with Crippen molar-refractivity contribution in [3.8, 4) is 6.07 Å². The fraction of sp³-hybridized carbons (Fsp3) is 0.158. The second-order valence-corrected chi connectivity index (χ2v) is 5.40. The zero-order valence-corrected chi connectivity index (χ0v) is 14.1. The van der Waals surface area contributed by atoms with Gasteiger partial charge < -0.3 is 15.4 Å². The number of nitrogens with one attached hydrogen (secondary N) is 2. The van der Waals surface area contributed by atoms with Gasteiger partial charge in [0.1, 0.15) is 6.42 Å². The average molecular weight is 351 g/mol. The van der Waals surface area contributed by atoms with Gasteiger partial charge in [0.05, 0.1) is 11.6 Å². The van der Waals surface area contributed by atoms with E-state index in [0.717, 1.165) is 5.56 Å². The third-order valence-corrected chi connectivity index (χ3v) is 3.40. The number of para-hydroxylation sites is 1. The van der Waals surface area contributed by atoms with Crippen molar-refractivity contribution in [2.75, 3.05) is 17.2 Å². The Balaban J connectivity index is 1.86. The summed E-state index contributed by atoms with van der Waals surface area (Å²) in [6.07, 6.45) is -0.250. The first-order valence-corrected chi connectivity index (χ1v) is 7.79. The van der Waals surface area contributed by atoms with Crippen LogP contribution in [0.15, 0.2) is 48.5 Å². The molecule has 0 heterocycles. The molecule has 0 radical (unpaired) electrons. The van der Waals surface area contributed by atoms with E-state index in [1.165, 1.54) is 24.3 Å². The first kappa shape index (κ1) is 18.7. The van der Waals surface area contributed by atoms with Crippen LogP contribution in [-0.4, -0.2) is 24.4 Å². The largest absolute Gasteiger partial charge is 0.452 e. The number of aryl methyl sites for hydroxylation is 1. The van der Waals surface area contributed by atoms with Gasteiger partial charge in [0.15, 0.2) is 6.61 Å². The number of rotatable bonds is 6. The van der Waals surface area contributed by atoms with Crippen LogP contribution in [0.1, 0.15) is 22.3 Å². The summed E-state index contributed by atoms with van der Waals surface area (Å²) in [5, 5.41) is 13.6. The van der Waals surface area contributed by atoms with Crippen molar-refractivity contribution in [1.82, 2.24) is 0 Å². The number of anilines is 2. The summed E-state index contributed by atoms with van der Waals surface area (Å²) in [6.45, 7) is 1.45. The Bertz CT molecular complexity index is 854. The minimum atomic E-state index is -0.653. The van der Waals surface area contributed by atoms with Crippen molar-refractivity contribution >= 4 is 29.2 Å². The lowest BCUT2D eigenvalue weighted by atomic mass is 10.2. The summed E-state index contributed by atoms with van der Waals surface area (Å²) in [7, 11) is 0. The summed E-state index contributed by atoms with van der Waals surface area (Å²) < 4.78 is 4.98. The molecule has 2 amide bonds. The summed E-state index contributed by atoms with van der Waals surface area (Å²) in [5.74, 6) is -1.52. The Morgan fingerprint density at radius 2 is 1.69 bits per heavy atom. The van der Waals surface area contributed by atoms with Crippen LogP contribution in [0.5, 0.6) is 0 Å². The van der Waals surface area contributed by atoms with Gasteiger partial charge in [-0.25, -0.2) is 4.79 Å². The molecule has 2 rings (SSSR count). The smallest absolute Gasteiger partial charge is 0.338 e. The van der Waals surface area contributed by atoms with Crippen LogP contribution in [-0.2, 0) is 14.3 Å². The van der Waals surface area contributed by atoms with Crippen molar-refractivity contribution in [2.45, 2.75) is 13.3 Å². The maximum Gasteiger partial charge on any atom is 0.338 e. The Hall–Kier alpha value is -3.66. The fourth-order valence-corrected chi connectivity index (χ4v) is 2.08. The number of carbonyl (C=O) groups is 3. The highest BCUT2D eigenvalue weighted by molar-refractivity contribution is 5.96. The van der Waals surface area contributed by atoms with Crippen LogP contribution in [0, 0.1) is 18.3 Å². The quantitative estimate of drug-likeness (QED) is 0.778. The van der Waals surface area contributed by atoms with Gasteiger partial charge in [0.25, 0.3) is 5.91 Å². The highest BCUT2D eigenvalue weighted by Gasteiger charge is 2.11. The minimum absolute atomic E-state index is 0.243. The number of ether oxygens (including phenoxy) is 1. The van der Waals surface area contributed by atoms with E-state index in [1.807, 2.05) is 19.1 Å². The van der Waals surface area contributed by atoms with E-state index in [1.54, 1.807) is 18.2 Å². The van der Waals surface area contributed by atoms with Gasteiger partial charge in [-0.1, -0.05) is 18.2 Å². The van der Waals surface area contributed by atoms with Crippen LogP contribution >= 0.6 is 0 Å². The lowest BCUT2D eigenvalue weighted by molar-refractivity contribution is -0.119. The van der Waals surface area contributed by atoms with Crippen molar-refractivity contribution in [3.05, 3.63) is 59.7 Å². The van der Waals surface area contributed by atoms with Crippen molar-refractivity contribution in [2.24, 2.45) is 0 Å². The molecule has 0 bridgehead atoms. The van der Waals surface area contributed by atoms with E-state index in [0.29, 0.717) is 11.4 Å². The molecule has 0 unspecified atom stereocenters. The van der Waals surface area contributed by atoms with E-state index in [2.05, 4.69) is 10.6 Å². The Kier molecular flexibility index (Phi) is 6.46. The van der Waals surface area contributed by atoms with E-state index >= 15 is 0 Å².